The van der Waals surface area contributed by atoms with Gasteiger partial charge < -0.3 is 14.8 Å². The molecule has 1 amide bonds. The van der Waals surface area contributed by atoms with E-state index in [1.165, 1.54) is 0 Å². The molecule has 18 heavy (non-hydrogen) atoms. The highest BCUT2D eigenvalue weighted by Crippen LogP contribution is 2.09. The first kappa shape index (κ1) is 14.7. The van der Waals surface area contributed by atoms with E-state index in [1.54, 1.807) is 7.11 Å². The molecule has 0 aliphatic carbocycles. The molecule has 0 unspecified atom stereocenters. The molecule has 4 heteroatoms. The normalized spacial score (nSPS) is 10.7. The second-order valence-corrected chi connectivity index (χ2v) is 4.34. The number of benzene rings is 1. The van der Waals surface area contributed by atoms with Crippen molar-refractivity contribution in [3.05, 3.63) is 35.4 Å². The van der Waals surface area contributed by atoms with Crippen molar-refractivity contribution in [1.29, 1.82) is 0 Å². The monoisotopic (exact) mass is 251 g/mol. The number of hydrogen-bond acceptors (Lipinski definition) is 3. The molecule has 1 N–H and O–H groups in total. The molecule has 0 saturated heterocycles. The van der Waals surface area contributed by atoms with Gasteiger partial charge in [0.25, 0.3) is 0 Å². The Morgan fingerprint density at radius 1 is 1.28 bits per heavy atom. The first-order chi connectivity index (χ1) is 8.63. The van der Waals surface area contributed by atoms with E-state index in [1.807, 2.05) is 38.1 Å². The smallest absolute Gasteiger partial charge is 0.246 e. The maximum Gasteiger partial charge on any atom is 0.246 e. The molecular formula is C14H21NO3. The summed E-state index contributed by atoms with van der Waals surface area (Å²) in [6.07, 6.45) is 0.0662. The Bertz CT molecular complexity index is 377. The topological polar surface area (TPSA) is 47.6 Å². The van der Waals surface area contributed by atoms with Gasteiger partial charge in [0.15, 0.2) is 0 Å². The Morgan fingerprint density at radius 3 is 2.56 bits per heavy atom. The zero-order valence-electron chi connectivity index (χ0n) is 11.2. The van der Waals surface area contributed by atoms with E-state index < -0.39 is 0 Å². The number of rotatable bonds is 7. The summed E-state index contributed by atoms with van der Waals surface area (Å²) < 4.78 is 10.3. The molecule has 0 bridgehead atoms. The highest BCUT2D eigenvalue weighted by molar-refractivity contribution is 5.77. The summed E-state index contributed by atoms with van der Waals surface area (Å²) in [4.78, 5) is 11.5. The van der Waals surface area contributed by atoms with Crippen molar-refractivity contribution >= 4 is 5.91 Å². The van der Waals surface area contributed by atoms with Crippen molar-refractivity contribution in [3.63, 3.8) is 0 Å². The highest BCUT2D eigenvalue weighted by Gasteiger charge is 2.05. The average molecular weight is 251 g/mol. The molecule has 0 atom stereocenters. The third-order valence-electron chi connectivity index (χ3n) is 2.44. The lowest BCUT2D eigenvalue weighted by molar-refractivity contribution is -0.127. The van der Waals surface area contributed by atoms with Crippen molar-refractivity contribution in [3.8, 4) is 0 Å². The zero-order chi connectivity index (χ0) is 13.4. The molecule has 1 aromatic rings. The fraction of sp³-hybridized carbons (Fsp3) is 0.500. The van der Waals surface area contributed by atoms with Gasteiger partial charge in [-0.1, -0.05) is 24.3 Å². The summed E-state index contributed by atoms with van der Waals surface area (Å²) in [6, 6.07) is 7.89. The van der Waals surface area contributed by atoms with Gasteiger partial charge in [0, 0.05) is 13.7 Å². The third-order valence-corrected chi connectivity index (χ3v) is 2.44. The summed E-state index contributed by atoms with van der Waals surface area (Å²) in [5.74, 6) is -0.101. The van der Waals surface area contributed by atoms with Crippen molar-refractivity contribution < 1.29 is 14.3 Å². The predicted octanol–water partition coefficient (Wildman–Crippen LogP) is 1.87. The van der Waals surface area contributed by atoms with E-state index >= 15 is 0 Å². The number of amides is 1. The van der Waals surface area contributed by atoms with E-state index in [0.29, 0.717) is 13.2 Å². The van der Waals surface area contributed by atoms with Gasteiger partial charge in [-0.2, -0.15) is 0 Å². The molecular weight excluding hydrogens is 230 g/mol. The van der Waals surface area contributed by atoms with Crippen LogP contribution in [0.1, 0.15) is 25.0 Å². The van der Waals surface area contributed by atoms with Crippen molar-refractivity contribution in [2.24, 2.45) is 0 Å². The SMILES string of the molecule is COCc1ccccc1CNC(=O)COC(C)C. The molecule has 0 saturated carbocycles. The highest BCUT2D eigenvalue weighted by atomic mass is 16.5. The quantitative estimate of drug-likeness (QED) is 0.805. The fourth-order valence-electron chi connectivity index (χ4n) is 1.51. The van der Waals surface area contributed by atoms with Crippen LogP contribution < -0.4 is 5.32 Å². The third kappa shape index (κ3) is 5.29. The molecule has 0 radical (unpaired) electrons. The Hall–Kier alpha value is -1.39. The van der Waals surface area contributed by atoms with Crippen LogP contribution in [-0.2, 0) is 27.4 Å². The Morgan fingerprint density at radius 2 is 1.94 bits per heavy atom. The summed E-state index contributed by atoms with van der Waals surface area (Å²) >= 11 is 0. The molecule has 0 fully saturated rings. The summed E-state index contributed by atoms with van der Waals surface area (Å²) in [6.45, 7) is 4.96. The molecule has 1 aromatic carbocycles. The first-order valence-electron chi connectivity index (χ1n) is 6.07. The van der Waals surface area contributed by atoms with Gasteiger partial charge in [0.1, 0.15) is 6.61 Å². The maximum atomic E-state index is 11.5. The number of carbonyl (C=O) groups excluding carboxylic acids is 1. The van der Waals surface area contributed by atoms with Crippen LogP contribution in [0.3, 0.4) is 0 Å². The minimum atomic E-state index is -0.101. The Labute approximate surface area is 108 Å². The van der Waals surface area contributed by atoms with Gasteiger partial charge in [-0.15, -0.1) is 0 Å². The Balaban J connectivity index is 2.45. The van der Waals surface area contributed by atoms with E-state index in [-0.39, 0.29) is 18.6 Å². The van der Waals surface area contributed by atoms with Crippen LogP contribution in [0.2, 0.25) is 0 Å². The lowest BCUT2D eigenvalue weighted by atomic mass is 10.1. The molecule has 0 spiro atoms. The van der Waals surface area contributed by atoms with Gasteiger partial charge in [0.05, 0.1) is 12.7 Å². The van der Waals surface area contributed by atoms with Crippen LogP contribution in [0.25, 0.3) is 0 Å². The van der Waals surface area contributed by atoms with Crippen LogP contribution in [-0.4, -0.2) is 25.7 Å². The zero-order valence-corrected chi connectivity index (χ0v) is 11.2. The molecule has 0 aromatic heterocycles. The summed E-state index contributed by atoms with van der Waals surface area (Å²) in [5.41, 5.74) is 2.15. The van der Waals surface area contributed by atoms with E-state index in [9.17, 15) is 4.79 Å². The summed E-state index contributed by atoms with van der Waals surface area (Å²) in [7, 11) is 1.66. The molecule has 100 valence electrons. The number of nitrogens with one attached hydrogen (secondary N) is 1. The first-order valence-corrected chi connectivity index (χ1v) is 6.07. The van der Waals surface area contributed by atoms with E-state index in [4.69, 9.17) is 9.47 Å². The minimum Gasteiger partial charge on any atom is -0.380 e. The Kier molecular flexibility index (Phi) is 6.39. The van der Waals surface area contributed by atoms with Crippen molar-refractivity contribution in [2.45, 2.75) is 33.1 Å². The van der Waals surface area contributed by atoms with Gasteiger partial charge in [-0.05, 0) is 25.0 Å². The standard InChI is InChI=1S/C14H21NO3/c1-11(2)18-10-14(16)15-8-12-6-4-5-7-13(12)9-17-3/h4-7,11H,8-10H2,1-3H3,(H,15,16). The maximum absolute atomic E-state index is 11.5. The second-order valence-electron chi connectivity index (χ2n) is 4.34. The van der Waals surface area contributed by atoms with E-state index in [0.717, 1.165) is 11.1 Å². The van der Waals surface area contributed by atoms with Gasteiger partial charge in [-0.3, -0.25) is 4.79 Å². The molecule has 0 heterocycles. The molecule has 0 aliphatic heterocycles. The number of ether oxygens (including phenoxy) is 2. The number of hydrogen-bond donors (Lipinski definition) is 1. The molecule has 4 nitrogen and oxygen atoms in total. The predicted molar refractivity (Wildman–Crippen MR) is 70.1 cm³/mol. The van der Waals surface area contributed by atoms with Crippen LogP contribution in [0, 0.1) is 0 Å². The molecule has 0 aliphatic rings. The number of carbonyl (C=O) groups is 1. The van der Waals surface area contributed by atoms with Crippen LogP contribution in [0.4, 0.5) is 0 Å². The fourth-order valence-corrected chi connectivity index (χ4v) is 1.51. The minimum absolute atomic E-state index is 0.0662. The molecule has 1 rings (SSSR count). The van der Waals surface area contributed by atoms with Crippen molar-refractivity contribution in [2.75, 3.05) is 13.7 Å². The van der Waals surface area contributed by atoms with Crippen molar-refractivity contribution in [1.82, 2.24) is 5.32 Å². The van der Waals surface area contributed by atoms with Crippen LogP contribution in [0.5, 0.6) is 0 Å². The van der Waals surface area contributed by atoms with Crippen LogP contribution >= 0.6 is 0 Å². The summed E-state index contributed by atoms with van der Waals surface area (Å²) in [5, 5.41) is 2.83. The van der Waals surface area contributed by atoms with Crippen LogP contribution in [0.15, 0.2) is 24.3 Å². The largest absolute Gasteiger partial charge is 0.380 e. The van der Waals surface area contributed by atoms with E-state index in [2.05, 4.69) is 5.32 Å². The second kappa shape index (κ2) is 7.84. The number of methoxy groups -OCH3 is 1. The lowest BCUT2D eigenvalue weighted by Gasteiger charge is -2.11. The van der Waals surface area contributed by atoms with Gasteiger partial charge in [0.2, 0.25) is 5.91 Å². The van der Waals surface area contributed by atoms with Gasteiger partial charge in [-0.25, -0.2) is 0 Å². The average Bonchev–Trinajstić information content (AvgIpc) is 2.35. The lowest BCUT2D eigenvalue weighted by Crippen LogP contribution is -2.28. The van der Waals surface area contributed by atoms with Gasteiger partial charge >= 0.3 is 0 Å².